The summed E-state index contributed by atoms with van der Waals surface area (Å²) in [7, 11) is 0. The largest absolute Gasteiger partial charge is 0.353 e. The summed E-state index contributed by atoms with van der Waals surface area (Å²) >= 11 is 3.54. The van der Waals surface area contributed by atoms with Gasteiger partial charge < -0.3 is 4.98 Å². The van der Waals surface area contributed by atoms with Crippen LogP contribution >= 0.6 is 15.9 Å². The van der Waals surface area contributed by atoms with Crippen molar-refractivity contribution in [2.75, 3.05) is 0 Å². The van der Waals surface area contributed by atoms with Gasteiger partial charge in [0.2, 0.25) is 0 Å². The van der Waals surface area contributed by atoms with Crippen LogP contribution in [-0.2, 0) is 0 Å². The Bertz CT molecular complexity index is 698. The third-order valence-corrected chi connectivity index (χ3v) is 3.44. The normalized spacial score (nSPS) is 10.5. The van der Waals surface area contributed by atoms with E-state index in [0.29, 0.717) is 0 Å². The number of nitrogens with one attached hydrogen (secondary N) is 1. The van der Waals surface area contributed by atoms with Gasteiger partial charge in [0, 0.05) is 27.0 Å². The molecule has 0 amide bonds. The van der Waals surface area contributed by atoms with E-state index < -0.39 is 0 Å². The Morgan fingerprint density at radius 3 is 2.50 bits per heavy atom. The van der Waals surface area contributed by atoms with E-state index in [2.05, 4.69) is 51.0 Å². The van der Waals surface area contributed by atoms with Crippen molar-refractivity contribution >= 4 is 37.7 Å². The van der Waals surface area contributed by atoms with E-state index >= 15 is 0 Å². The number of hydrogen-bond donors (Lipinski definition) is 1. The molecule has 18 heavy (non-hydrogen) atoms. The fourth-order valence-corrected chi connectivity index (χ4v) is 2.77. The zero-order chi connectivity index (χ0) is 13.3. The van der Waals surface area contributed by atoms with Gasteiger partial charge in [-0.2, -0.15) is 0 Å². The molecule has 0 radical (unpaired) electrons. The maximum Gasteiger partial charge on any atom is 0.0681 e. The highest BCUT2D eigenvalue weighted by molar-refractivity contribution is 9.10. The number of pyridine rings is 1. The molecule has 94 valence electrons. The summed E-state index contributed by atoms with van der Waals surface area (Å²) < 4.78 is 1.12. The monoisotopic (exact) mass is 304 g/mol. The maximum atomic E-state index is 4.31. The molecule has 0 atom stereocenters. The van der Waals surface area contributed by atoms with Crippen LogP contribution in [0, 0.1) is 13.8 Å². The molecule has 0 saturated heterocycles. The van der Waals surface area contributed by atoms with Crippen LogP contribution in [-0.4, -0.2) is 9.97 Å². The summed E-state index contributed by atoms with van der Waals surface area (Å²) in [6.07, 6.45) is 1.86. The molecule has 0 saturated carbocycles. The highest BCUT2D eigenvalue weighted by Crippen LogP contribution is 2.31. The second-order valence-corrected chi connectivity index (χ2v) is 5.00. The van der Waals surface area contributed by atoms with Crippen molar-refractivity contribution in [3.63, 3.8) is 0 Å². The number of hydrogen-bond acceptors (Lipinski definition) is 1. The van der Waals surface area contributed by atoms with E-state index in [9.17, 15) is 0 Å². The molecule has 2 aromatic heterocycles. The molecule has 3 rings (SSSR count). The Balaban J connectivity index is 0.000000574. The van der Waals surface area contributed by atoms with E-state index in [0.717, 1.165) is 15.7 Å². The number of H-pyrrole nitrogens is 1. The van der Waals surface area contributed by atoms with Crippen molar-refractivity contribution in [2.24, 2.45) is 0 Å². The summed E-state index contributed by atoms with van der Waals surface area (Å²) in [6.45, 7) is 8.15. The smallest absolute Gasteiger partial charge is 0.0681 e. The van der Waals surface area contributed by atoms with E-state index in [1.165, 1.54) is 21.9 Å². The number of aryl methyl sites for hydroxylation is 2. The van der Waals surface area contributed by atoms with E-state index in [4.69, 9.17) is 0 Å². The Kier molecular flexibility index (Phi) is 3.71. The molecule has 2 heterocycles. The van der Waals surface area contributed by atoms with Crippen LogP contribution in [0.25, 0.3) is 21.8 Å². The third kappa shape index (κ3) is 2.03. The van der Waals surface area contributed by atoms with Crippen molar-refractivity contribution in [3.05, 3.63) is 40.1 Å². The minimum atomic E-state index is 1.05. The first-order chi connectivity index (χ1) is 8.66. The quantitative estimate of drug-likeness (QED) is 0.613. The van der Waals surface area contributed by atoms with Gasteiger partial charge in [-0.25, -0.2) is 0 Å². The molecule has 0 spiro atoms. The van der Waals surface area contributed by atoms with Gasteiger partial charge >= 0.3 is 0 Å². The fraction of sp³-hybridized carbons (Fsp3) is 0.267. The number of nitrogens with zero attached hydrogens (tertiary/aromatic N) is 1. The average Bonchev–Trinajstić information content (AvgIpc) is 2.73. The van der Waals surface area contributed by atoms with Crippen LogP contribution in [0.2, 0.25) is 0 Å². The third-order valence-electron chi connectivity index (χ3n) is 2.98. The lowest BCUT2D eigenvalue weighted by Gasteiger charge is -1.97. The van der Waals surface area contributed by atoms with Crippen LogP contribution in [0.1, 0.15) is 25.1 Å². The molecule has 2 nitrogen and oxygen atoms in total. The van der Waals surface area contributed by atoms with Crippen LogP contribution in [0.3, 0.4) is 0 Å². The SMILES string of the molecule is CC.Cc1cc(Br)cc2c1[nH]c1c(C)nccc12. The standard InChI is InChI=1S/C13H11BrN2.C2H6/c1-7-5-9(14)6-11-10-3-4-15-8(2)13(10)16-12(7)11;1-2/h3-6,16H,1-2H3;1-2H3. The number of fused-ring (bicyclic) bond motifs is 3. The summed E-state index contributed by atoms with van der Waals surface area (Å²) in [5, 5.41) is 2.50. The van der Waals surface area contributed by atoms with Crippen LogP contribution in [0.4, 0.5) is 0 Å². The predicted octanol–water partition coefficient (Wildman–Crippen LogP) is 5.12. The molecular weight excluding hydrogens is 288 g/mol. The molecule has 0 aliphatic carbocycles. The summed E-state index contributed by atoms with van der Waals surface area (Å²) in [4.78, 5) is 7.77. The molecule has 3 aromatic rings. The first kappa shape index (κ1) is 13.1. The molecule has 1 N–H and O–H groups in total. The molecule has 0 aliphatic rings. The zero-order valence-electron chi connectivity index (χ0n) is 11.1. The van der Waals surface area contributed by atoms with Crippen LogP contribution in [0.5, 0.6) is 0 Å². The van der Waals surface area contributed by atoms with Crippen molar-refractivity contribution in [2.45, 2.75) is 27.7 Å². The highest BCUT2D eigenvalue weighted by Gasteiger charge is 2.08. The topological polar surface area (TPSA) is 28.7 Å². The summed E-state index contributed by atoms with van der Waals surface area (Å²) in [5.74, 6) is 0. The minimum absolute atomic E-state index is 1.05. The average molecular weight is 305 g/mol. The molecule has 0 aliphatic heterocycles. The first-order valence-electron chi connectivity index (χ1n) is 6.20. The second-order valence-electron chi connectivity index (χ2n) is 4.09. The Morgan fingerprint density at radius 1 is 1.06 bits per heavy atom. The summed E-state index contributed by atoms with van der Waals surface area (Å²) in [6, 6.07) is 6.34. The number of benzene rings is 1. The van der Waals surface area contributed by atoms with Gasteiger partial charge in [0.1, 0.15) is 0 Å². The van der Waals surface area contributed by atoms with Gasteiger partial charge in [-0.3, -0.25) is 4.98 Å². The van der Waals surface area contributed by atoms with Gasteiger partial charge in [0.15, 0.2) is 0 Å². The van der Waals surface area contributed by atoms with Gasteiger partial charge in [0.25, 0.3) is 0 Å². The van der Waals surface area contributed by atoms with Gasteiger partial charge in [-0.05, 0) is 37.6 Å². The number of aromatic nitrogens is 2. The molecule has 0 unspecified atom stereocenters. The molecule has 1 aromatic carbocycles. The number of rotatable bonds is 0. The lowest BCUT2D eigenvalue weighted by atomic mass is 10.1. The first-order valence-corrected chi connectivity index (χ1v) is 6.99. The van der Waals surface area contributed by atoms with Crippen molar-refractivity contribution in [1.29, 1.82) is 0 Å². The van der Waals surface area contributed by atoms with Crippen LogP contribution in [0.15, 0.2) is 28.9 Å². The van der Waals surface area contributed by atoms with E-state index in [1.807, 2.05) is 27.0 Å². The molecule has 3 heteroatoms. The van der Waals surface area contributed by atoms with Gasteiger partial charge in [-0.1, -0.05) is 29.8 Å². The predicted molar refractivity (Wildman–Crippen MR) is 82.1 cm³/mol. The summed E-state index contributed by atoms with van der Waals surface area (Å²) in [5.41, 5.74) is 4.64. The van der Waals surface area contributed by atoms with E-state index in [1.54, 1.807) is 0 Å². The fourth-order valence-electron chi connectivity index (χ4n) is 2.20. The van der Waals surface area contributed by atoms with Crippen LogP contribution < -0.4 is 0 Å². The molecular formula is C15H17BrN2. The van der Waals surface area contributed by atoms with Gasteiger partial charge in [0.05, 0.1) is 11.2 Å². The van der Waals surface area contributed by atoms with Crippen molar-refractivity contribution in [1.82, 2.24) is 9.97 Å². The lowest BCUT2D eigenvalue weighted by molar-refractivity contribution is 1.22. The van der Waals surface area contributed by atoms with Crippen molar-refractivity contribution in [3.8, 4) is 0 Å². The highest BCUT2D eigenvalue weighted by atomic mass is 79.9. The van der Waals surface area contributed by atoms with Gasteiger partial charge in [-0.15, -0.1) is 0 Å². The van der Waals surface area contributed by atoms with Crippen molar-refractivity contribution < 1.29 is 0 Å². The van der Waals surface area contributed by atoms with E-state index in [-0.39, 0.29) is 0 Å². The Morgan fingerprint density at radius 2 is 1.78 bits per heavy atom. The lowest BCUT2D eigenvalue weighted by Crippen LogP contribution is -1.80. The number of aromatic amines is 1. The Hall–Kier alpha value is -1.35. The zero-order valence-corrected chi connectivity index (χ0v) is 12.7. The molecule has 0 bridgehead atoms. The maximum absolute atomic E-state index is 4.31. The Labute approximate surface area is 116 Å². The second kappa shape index (κ2) is 5.11. The molecule has 0 fully saturated rings. The minimum Gasteiger partial charge on any atom is -0.353 e. The number of halogens is 1.